The topological polar surface area (TPSA) is 23.5 Å². The summed E-state index contributed by atoms with van der Waals surface area (Å²) in [6.45, 7) is 0. The smallest absolute Gasteiger partial charge is 0.149 e. The van der Waals surface area contributed by atoms with Crippen LogP contribution in [0.4, 0.5) is 10.1 Å². The Hall–Kier alpha value is -1.10. The summed E-state index contributed by atoms with van der Waals surface area (Å²) < 4.78 is 14.6. The number of halogens is 3. The van der Waals surface area contributed by atoms with Gasteiger partial charge in [-0.15, -0.1) is 0 Å². The molecule has 0 bridgehead atoms. The molecule has 0 spiro atoms. The van der Waals surface area contributed by atoms with Crippen LogP contribution in [0.25, 0.3) is 0 Å². The average Bonchev–Trinajstić information content (AvgIpc) is 2.44. The highest BCUT2D eigenvalue weighted by atomic mass is 79.9. The summed E-state index contributed by atoms with van der Waals surface area (Å²) in [6.07, 6.45) is -1.06. The lowest BCUT2D eigenvalue weighted by Gasteiger charge is -2.17. The third-order valence-electron chi connectivity index (χ3n) is 3.06. The van der Waals surface area contributed by atoms with E-state index in [2.05, 4.69) is 15.9 Å². The molecule has 1 atom stereocenters. The van der Waals surface area contributed by atoms with Crippen LogP contribution in [0.15, 0.2) is 40.9 Å². The maximum atomic E-state index is 14.1. The van der Waals surface area contributed by atoms with Gasteiger partial charge in [-0.3, -0.25) is 0 Å². The first kappa shape index (κ1) is 15.3. The number of aliphatic hydroxyl groups is 1. The SMILES string of the molecule is CN(C)c1cccc(C(O)c2ccc(Br)c(Cl)c2F)c1. The first-order valence-corrected chi connectivity index (χ1v) is 7.17. The van der Waals surface area contributed by atoms with Crippen molar-refractivity contribution in [2.24, 2.45) is 0 Å². The van der Waals surface area contributed by atoms with E-state index in [0.717, 1.165) is 5.69 Å². The summed E-state index contributed by atoms with van der Waals surface area (Å²) in [6, 6.07) is 10.5. The van der Waals surface area contributed by atoms with Crippen LogP contribution in [0.1, 0.15) is 17.2 Å². The Balaban J connectivity index is 2.44. The normalized spacial score (nSPS) is 12.3. The second-order valence-corrected chi connectivity index (χ2v) is 5.89. The zero-order valence-corrected chi connectivity index (χ0v) is 13.4. The third-order valence-corrected chi connectivity index (χ3v) is 4.32. The summed E-state index contributed by atoms with van der Waals surface area (Å²) >= 11 is 9.01. The minimum Gasteiger partial charge on any atom is -0.384 e. The van der Waals surface area contributed by atoms with Crippen molar-refractivity contribution in [1.82, 2.24) is 0 Å². The molecule has 0 fully saturated rings. The van der Waals surface area contributed by atoms with E-state index >= 15 is 0 Å². The van der Waals surface area contributed by atoms with E-state index in [-0.39, 0.29) is 10.6 Å². The zero-order chi connectivity index (χ0) is 14.9. The van der Waals surface area contributed by atoms with Gasteiger partial charge in [0, 0.05) is 29.8 Å². The Morgan fingerprint density at radius 3 is 2.60 bits per heavy atom. The Morgan fingerprint density at radius 2 is 1.95 bits per heavy atom. The van der Waals surface area contributed by atoms with Crippen LogP contribution in [-0.2, 0) is 0 Å². The molecule has 0 aliphatic rings. The molecule has 0 saturated heterocycles. The van der Waals surface area contributed by atoms with E-state index in [1.165, 1.54) is 6.07 Å². The van der Waals surface area contributed by atoms with Crippen LogP contribution in [0.3, 0.4) is 0 Å². The van der Waals surface area contributed by atoms with Crippen molar-refractivity contribution >= 4 is 33.2 Å². The summed E-state index contributed by atoms with van der Waals surface area (Å²) in [4.78, 5) is 1.92. The molecule has 0 saturated carbocycles. The quantitative estimate of drug-likeness (QED) is 0.823. The predicted octanol–water partition coefficient (Wildman–Crippen LogP) is 4.39. The number of nitrogens with zero attached hydrogens (tertiary/aromatic N) is 1. The van der Waals surface area contributed by atoms with Crippen LogP contribution in [0, 0.1) is 5.82 Å². The number of anilines is 1. The number of hydrogen-bond donors (Lipinski definition) is 1. The molecule has 0 heterocycles. The van der Waals surface area contributed by atoms with Gasteiger partial charge in [0.1, 0.15) is 11.9 Å². The largest absolute Gasteiger partial charge is 0.384 e. The first-order valence-electron chi connectivity index (χ1n) is 6.00. The van der Waals surface area contributed by atoms with Crippen LogP contribution >= 0.6 is 27.5 Å². The van der Waals surface area contributed by atoms with Gasteiger partial charge < -0.3 is 10.0 Å². The van der Waals surface area contributed by atoms with Crippen LogP contribution in [0.5, 0.6) is 0 Å². The average molecular weight is 359 g/mol. The number of benzene rings is 2. The molecule has 0 aliphatic carbocycles. The van der Waals surface area contributed by atoms with Gasteiger partial charge in [0.25, 0.3) is 0 Å². The Bertz CT molecular complexity index is 633. The van der Waals surface area contributed by atoms with Crippen LogP contribution < -0.4 is 4.90 Å². The standard InChI is InChI=1S/C15H14BrClFNO/c1-19(2)10-5-3-4-9(8-10)15(20)11-6-7-12(16)13(17)14(11)18/h3-8,15,20H,1-2H3. The Kier molecular flexibility index (Phi) is 4.68. The van der Waals surface area contributed by atoms with Gasteiger partial charge in [-0.2, -0.15) is 0 Å². The van der Waals surface area contributed by atoms with Gasteiger partial charge in [0.2, 0.25) is 0 Å². The van der Waals surface area contributed by atoms with E-state index in [1.807, 2.05) is 37.2 Å². The van der Waals surface area contributed by atoms with Gasteiger partial charge in [0.05, 0.1) is 5.02 Å². The van der Waals surface area contributed by atoms with Crippen LogP contribution in [0.2, 0.25) is 5.02 Å². The second-order valence-electron chi connectivity index (χ2n) is 4.66. The summed E-state index contributed by atoms with van der Waals surface area (Å²) in [5.74, 6) is -0.608. The minimum absolute atomic E-state index is 0.0229. The van der Waals surface area contributed by atoms with Crippen molar-refractivity contribution in [2.45, 2.75) is 6.10 Å². The summed E-state index contributed by atoms with van der Waals surface area (Å²) in [7, 11) is 3.81. The number of rotatable bonds is 3. The molecular weight excluding hydrogens is 345 g/mol. The predicted molar refractivity (Wildman–Crippen MR) is 83.9 cm³/mol. The fourth-order valence-electron chi connectivity index (χ4n) is 1.90. The fraction of sp³-hybridized carbons (Fsp3) is 0.200. The van der Waals surface area contributed by atoms with Gasteiger partial charge in [-0.25, -0.2) is 4.39 Å². The van der Waals surface area contributed by atoms with Crippen molar-refractivity contribution in [3.63, 3.8) is 0 Å². The van der Waals surface area contributed by atoms with Gasteiger partial charge in [-0.05, 0) is 39.7 Å². The van der Waals surface area contributed by atoms with E-state index in [4.69, 9.17) is 11.6 Å². The van der Waals surface area contributed by atoms with Crippen LogP contribution in [-0.4, -0.2) is 19.2 Å². The van der Waals surface area contributed by atoms with E-state index in [9.17, 15) is 9.50 Å². The van der Waals surface area contributed by atoms with Gasteiger partial charge in [0.15, 0.2) is 0 Å². The fourth-order valence-corrected chi connectivity index (χ4v) is 2.38. The molecule has 106 valence electrons. The van der Waals surface area contributed by atoms with Crippen molar-refractivity contribution in [2.75, 3.05) is 19.0 Å². The van der Waals surface area contributed by atoms with E-state index < -0.39 is 11.9 Å². The molecule has 0 aliphatic heterocycles. The van der Waals surface area contributed by atoms with Crippen molar-refractivity contribution in [1.29, 1.82) is 0 Å². The zero-order valence-electron chi connectivity index (χ0n) is 11.1. The molecule has 2 nitrogen and oxygen atoms in total. The molecule has 1 unspecified atom stereocenters. The molecule has 5 heteroatoms. The highest BCUT2D eigenvalue weighted by Gasteiger charge is 2.19. The van der Waals surface area contributed by atoms with Crippen molar-refractivity contribution in [3.05, 3.63) is 62.8 Å². The lowest BCUT2D eigenvalue weighted by atomic mass is 10.0. The van der Waals surface area contributed by atoms with Gasteiger partial charge in [-0.1, -0.05) is 29.8 Å². The van der Waals surface area contributed by atoms with E-state index in [0.29, 0.717) is 10.0 Å². The molecule has 2 aromatic carbocycles. The molecule has 2 rings (SSSR count). The first-order chi connectivity index (χ1) is 9.41. The third kappa shape index (κ3) is 2.97. The Labute approximate surface area is 130 Å². The lowest BCUT2D eigenvalue weighted by Crippen LogP contribution is -2.10. The highest BCUT2D eigenvalue weighted by molar-refractivity contribution is 9.10. The highest BCUT2D eigenvalue weighted by Crippen LogP contribution is 2.33. The monoisotopic (exact) mass is 357 g/mol. The summed E-state index contributed by atoms with van der Waals surface area (Å²) in [5.41, 5.74) is 1.72. The lowest BCUT2D eigenvalue weighted by molar-refractivity contribution is 0.215. The van der Waals surface area contributed by atoms with E-state index in [1.54, 1.807) is 12.1 Å². The Morgan fingerprint density at radius 1 is 1.25 bits per heavy atom. The molecular formula is C15H14BrClFNO. The van der Waals surface area contributed by atoms with Crippen molar-refractivity contribution in [3.8, 4) is 0 Å². The maximum Gasteiger partial charge on any atom is 0.149 e. The summed E-state index contributed by atoms with van der Waals surface area (Å²) in [5, 5.41) is 10.3. The molecule has 20 heavy (non-hydrogen) atoms. The second kappa shape index (κ2) is 6.12. The minimum atomic E-state index is -1.06. The maximum absolute atomic E-state index is 14.1. The molecule has 2 aromatic rings. The number of aliphatic hydroxyl groups excluding tert-OH is 1. The van der Waals surface area contributed by atoms with Crippen molar-refractivity contribution < 1.29 is 9.50 Å². The molecule has 0 radical (unpaired) electrons. The molecule has 1 N–H and O–H groups in total. The van der Waals surface area contributed by atoms with Gasteiger partial charge >= 0.3 is 0 Å². The molecule has 0 amide bonds. The number of hydrogen-bond acceptors (Lipinski definition) is 2. The molecule has 0 aromatic heterocycles.